The number of hydrogen-bond acceptors (Lipinski definition) is 4. The first-order valence-corrected chi connectivity index (χ1v) is 10.7. The van der Waals surface area contributed by atoms with Gasteiger partial charge in [0.15, 0.2) is 0 Å². The summed E-state index contributed by atoms with van der Waals surface area (Å²) >= 11 is 0. The molecule has 1 saturated heterocycles. The summed E-state index contributed by atoms with van der Waals surface area (Å²) in [6, 6.07) is 13.0. The van der Waals surface area contributed by atoms with Gasteiger partial charge in [0.2, 0.25) is 11.8 Å². The van der Waals surface area contributed by atoms with Crippen LogP contribution in [0.5, 0.6) is 0 Å². The van der Waals surface area contributed by atoms with Gasteiger partial charge in [-0.3, -0.25) is 19.3 Å². The molecular weight excluding hydrogens is 409 g/mol. The highest BCUT2D eigenvalue weighted by atomic mass is 19.1. The number of benzene rings is 2. The van der Waals surface area contributed by atoms with Gasteiger partial charge in [-0.2, -0.15) is 0 Å². The van der Waals surface area contributed by atoms with Gasteiger partial charge in [0, 0.05) is 11.8 Å². The molecule has 1 aliphatic heterocycles. The van der Waals surface area contributed by atoms with E-state index in [1.54, 1.807) is 24.3 Å². The van der Waals surface area contributed by atoms with Crippen LogP contribution in [0.25, 0.3) is 22.0 Å². The fraction of sp³-hybridized carbons (Fsp3) is 0.280. The minimum atomic E-state index is -0.672. The van der Waals surface area contributed by atoms with Gasteiger partial charge >= 0.3 is 0 Å². The first-order valence-electron chi connectivity index (χ1n) is 10.7. The number of carbonyl (C=O) groups is 3. The Balaban J connectivity index is 1.54. The lowest BCUT2D eigenvalue weighted by Crippen LogP contribution is -2.33. The summed E-state index contributed by atoms with van der Waals surface area (Å²) in [4.78, 5) is 43.3. The Morgan fingerprint density at radius 3 is 2.47 bits per heavy atom. The maximum absolute atomic E-state index is 13.4. The number of nitrogens with two attached hydrogens (primary N) is 1. The fourth-order valence-electron chi connectivity index (χ4n) is 5.01. The largest absolute Gasteiger partial charge is 0.364 e. The Labute approximate surface area is 184 Å². The van der Waals surface area contributed by atoms with Gasteiger partial charge in [0.25, 0.3) is 5.91 Å². The summed E-state index contributed by atoms with van der Waals surface area (Å²) in [5, 5.41) is 0.761. The minimum Gasteiger partial charge on any atom is -0.364 e. The smallest absolute Gasteiger partial charge is 0.267 e. The molecule has 2 fully saturated rings. The molecule has 7 heteroatoms. The molecule has 32 heavy (non-hydrogen) atoms. The monoisotopic (exact) mass is 431 g/mol. The molecule has 2 aromatic carbocycles. The van der Waals surface area contributed by atoms with E-state index in [4.69, 9.17) is 5.73 Å². The molecule has 1 saturated carbocycles. The number of aromatic nitrogens is 1. The molecule has 3 amide bonds. The fourth-order valence-corrected chi connectivity index (χ4v) is 5.01. The SMILES string of the molecule is NC(=O)c1cc(-c2ccc(F)cc2)c2ccc(CN3C(=O)CC4(CCCC4)C3=O)cc2n1. The molecule has 0 bridgehead atoms. The van der Waals surface area contributed by atoms with Crippen molar-refractivity contribution in [3.05, 3.63) is 65.6 Å². The quantitative estimate of drug-likeness (QED) is 0.633. The Morgan fingerprint density at radius 2 is 1.78 bits per heavy atom. The molecule has 2 N–H and O–H groups in total. The van der Waals surface area contributed by atoms with Crippen LogP contribution in [-0.4, -0.2) is 27.6 Å². The van der Waals surface area contributed by atoms with Crippen molar-refractivity contribution in [3.63, 3.8) is 0 Å². The van der Waals surface area contributed by atoms with Crippen LogP contribution in [0.2, 0.25) is 0 Å². The van der Waals surface area contributed by atoms with Crippen molar-refractivity contribution in [2.45, 2.75) is 38.6 Å². The molecule has 5 rings (SSSR count). The molecule has 0 atom stereocenters. The van der Waals surface area contributed by atoms with E-state index in [2.05, 4.69) is 4.98 Å². The van der Waals surface area contributed by atoms with Gasteiger partial charge in [-0.25, -0.2) is 9.37 Å². The maximum atomic E-state index is 13.4. The first kappa shape index (κ1) is 20.3. The third-order valence-electron chi connectivity index (χ3n) is 6.67. The van der Waals surface area contributed by atoms with Crippen LogP contribution in [0.15, 0.2) is 48.5 Å². The third kappa shape index (κ3) is 3.34. The van der Waals surface area contributed by atoms with Gasteiger partial charge in [-0.15, -0.1) is 0 Å². The van der Waals surface area contributed by atoms with E-state index in [1.807, 2.05) is 12.1 Å². The van der Waals surface area contributed by atoms with E-state index in [9.17, 15) is 18.8 Å². The molecule has 3 aromatic rings. The van der Waals surface area contributed by atoms with Gasteiger partial charge in [-0.1, -0.05) is 37.1 Å². The molecule has 0 unspecified atom stereocenters. The number of nitrogens with zero attached hydrogens (tertiary/aromatic N) is 2. The lowest BCUT2D eigenvalue weighted by Gasteiger charge is -2.21. The van der Waals surface area contributed by atoms with Crippen molar-refractivity contribution in [1.82, 2.24) is 9.88 Å². The van der Waals surface area contributed by atoms with E-state index in [1.165, 1.54) is 17.0 Å². The van der Waals surface area contributed by atoms with E-state index < -0.39 is 11.3 Å². The molecule has 162 valence electrons. The molecule has 1 aliphatic carbocycles. The summed E-state index contributed by atoms with van der Waals surface area (Å²) < 4.78 is 13.4. The second-order valence-corrected chi connectivity index (χ2v) is 8.73. The Kier molecular flexibility index (Phi) is 4.77. The molecule has 2 aliphatic rings. The molecule has 2 heterocycles. The zero-order valence-corrected chi connectivity index (χ0v) is 17.4. The van der Waals surface area contributed by atoms with Crippen molar-refractivity contribution in [2.24, 2.45) is 11.1 Å². The van der Waals surface area contributed by atoms with Gasteiger partial charge in [-0.05, 0) is 53.8 Å². The number of pyridine rings is 1. The maximum Gasteiger partial charge on any atom is 0.267 e. The van der Waals surface area contributed by atoms with Crippen LogP contribution in [0.4, 0.5) is 4.39 Å². The lowest BCUT2D eigenvalue weighted by atomic mass is 9.84. The summed E-state index contributed by atoms with van der Waals surface area (Å²) in [6.07, 6.45) is 3.80. The Bertz CT molecular complexity index is 1260. The van der Waals surface area contributed by atoms with Crippen molar-refractivity contribution in [3.8, 4) is 11.1 Å². The summed E-state index contributed by atoms with van der Waals surface area (Å²) in [5.41, 5.74) is 7.76. The second kappa shape index (κ2) is 7.51. The zero-order chi connectivity index (χ0) is 22.5. The predicted molar refractivity (Wildman–Crippen MR) is 117 cm³/mol. The van der Waals surface area contributed by atoms with Crippen LogP contribution in [0, 0.1) is 11.2 Å². The number of amides is 3. The molecule has 1 spiro atoms. The van der Waals surface area contributed by atoms with Crippen LogP contribution >= 0.6 is 0 Å². The van der Waals surface area contributed by atoms with Crippen LogP contribution in [0.3, 0.4) is 0 Å². The number of fused-ring (bicyclic) bond motifs is 1. The van der Waals surface area contributed by atoms with E-state index in [0.29, 0.717) is 11.1 Å². The predicted octanol–water partition coefficient (Wildman–Crippen LogP) is 3.96. The standard InChI is InChI=1S/C25H22FN3O3/c26-17-6-4-16(5-7-17)19-12-21(23(27)31)28-20-11-15(3-8-18(19)20)14-29-22(30)13-25(24(29)32)9-1-2-10-25/h3-8,11-12H,1-2,9-10,13-14H2,(H2,27,31). The minimum absolute atomic E-state index is 0.0778. The average molecular weight is 431 g/mol. The van der Waals surface area contributed by atoms with Crippen LogP contribution < -0.4 is 5.73 Å². The highest BCUT2D eigenvalue weighted by molar-refractivity contribution is 6.06. The Morgan fingerprint density at radius 1 is 1.06 bits per heavy atom. The average Bonchev–Trinajstić information content (AvgIpc) is 3.34. The highest BCUT2D eigenvalue weighted by Crippen LogP contribution is 2.47. The highest BCUT2D eigenvalue weighted by Gasteiger charge is 2.52. The van der Waals surface area contributed by atoms with E-state index in [-0.39, 0.29) is 36.3 Å². The number of halogens is 1. The summed E-state index contributed by atoms with van der Waals surface area (Å²) in [7, 11) is 0. The van der Waals surface area contributed by atoms with Crippen molar-refractivity contribution >= 4 is 28.6 Å². The van der Waals surface area contributed by atoms with Gasteiger partial charge < -0.3 is 5.73 Å². The molecular formula is C25H22FN3O3. The van der Waals surface area contributed by atoms with Crippen LogP contribution in [0.1, 0.15) is 48.2 Å². The topological polar surface area (TPSA) is 93.4 Å². The third-order valence-corrected chi connectivity index (χ3v) is 6.67. The van der Waals surface area contributed by atoms with E-state index >= 15 is 0 Å². The number of likely N-dealkylation sites (tertiary alicyclic amines) is 1. The second-order valence-electron chi connectivity index (χ2n) is 8.73. The zero-order valence-electron chi connectivity index (χ0n) is 17.4. The van der Waals surface area contributed by atoms with E-state index in [0.717, 1.165) is 42.2 Å². The summed E-state index contributed by atoms with van der Waals surface area (Å²) in [6.45, 7) is 0.170. The number of rotatable bonds is 4. The number of carbonyl (C=O) groups excluding carboxylic acids is 3. The molecule has 1 aromatic heterocycles. The van der Waals surface area contributed by atoms with Crippen molar-refractivity contribution < 1.29 is 18.8 Å². The van der Waals surface area contributed by atoms with Crippen LogP contribution in [-0.2, 0) is 16.1 Å². The normalized spacial score (nSPS) is 17.6. The van der Waals surface area contributed by atoms with Gasteiger partial charge in [0.1, 0.15) is 11.5 Å². The van der Waals surface area contributed by atoms with Crippen molar-refractivity contribution in [2.75, 3.05) is 0 Å². The Hall–Kier alpha value is -3.61. The van der Waals surface area contributed by atoms with Crippen molar-refractivity contribution in [1.29, 1.82) is 0 Å². The number of primary amides is 1. The number of hydrogen-bond donors (Lipinski definition) is 1. The van der Waals surface area contributed by atoms with Gasteiger partial charge in [0.05, 0.1) is 17.5 Å². The first-order chi connectivity index (χ1) is 15.4. The summed E-state index contributed by atoms with van der Waals surface area (Å²) in [5.74, 6) is -1.24. The lowest BCUT2D eigenvalue weighted by molar-refractivity contribution is -0.142. The molecule has 6 nitrogen and oxygen atoms in total. The molecule has 0 radical (unpaired) electrons. The number of imide groups is 1.